The third kappa shape index (κ3) is 5.10. The molecule has 1 aliphatic carbocycles. The van der Waals surface area contributed by atoms with Gasteiger partial charge in [-0.2, -0.15) is 0 Å². The fourth-order valence-corrected chi connectivity index (χ4v) is 6.84. The average molecular weight is 541 g/mol. The third-order valence-corrected chi connectivity index (χ3v) is 9.83. The van der Waals surface area contributed by atoms with E-state index in [-0.39, 0.29) is 11.3 Å². The first-order valence-electron chi connectivity index (χ1n) is 13.6. The highest BCUT2D eigenvalue weighted by Crippen LogP contribution is 2.46. The summed E-state index contributed by atoms with van der Waals surface area (Å²) in [5.74, 6) is -0.119. The molecule has 0 radical (unpaired) electrons. The van der Waals surface area contributed by atoms with E-state index < -0.39 is 5.97 Å². The van der Waals surface area contributed by atoms with Crippen LogP contribution in [0.15, 0.2) is 48.5 Å². The lowest BCUT2D eigenvalue weighted by molar-refractivity contribution is 0.0600. The number of rotatable bonds is 6. The summed E-state index contributed by atoms with van der Waals surface area (Å²) in [6.07, 6.45) is 3.85. The average Bonchev–Trinajstić information content (AvgIpc) is 3.30. The molecule has 2 aromatic heterocycles. The molecule has 1 unspecified atom stereocenters. The highest BCUT2D eigenvalue weighted by Gasteiger charge is 2.35. The van der Waals surface area contributed by atoms with Crippen LogP contribution in [0.25, 0.3) is 22.2 Å². The van der Waals surface area contributed by atoms with Crippen molar-refractivity contribution >= 4 is 39.1 Å². The normalized spacial score (nSPS) is 15.2. The number of pyridine rings is 1. The number of para-hydroxylation sites is 1. The van der Waals surface area contributed by atoms with Crippen molar-refractivity contribution in [1.29, 1.82) is 0 Å². The molecular weight excluding hydrogens is 504 g/mol. The number of aryl methyl sites for hydroxylation is 2. The summed E-state index contributed by atoms with van der Waals surface area (Å²) in [5.41, 5.74) is 7.12. The van der Waals surface area contributed by atoms with Crippen LogP contribution in [-0.4, -0.2) is 24.0 Å². The number of ether oxygens (including phenoxy) is 1. The van der Waals surface area contributed by atoms with Crippen molar-refractivity contribution in [2.24, 2.45) is 11.3 Å². The Hall–Kier alpha value is -3.51. The van der Waals surface area contributed by atoms with Gasteiger partial charge in [0, 0.05) is 15.8 Å². The molecule has 0 spiro atoms. The van der Waals surface area contributed by atoms with Gasteiger partial charge in [0.2, 0.25) is 0 Å². The van der Waals surface area contributed by atoms with Crippen molar-refractivity contribution in [2.45, 2.75) is 60.3 Å². The van der Waals surface area contributed by atoms with Gasteiger partial charge in [0.25, 0.3) is 5.91 Å². The van der Waals surface area contributed by atoms with E-state index in [4.69, 9.17) is 9.72 Å². The number of benzene rings is 2. The van der Waals surface area contributed by atoms with Gasteiger partial charge in [-0.25, -0.2) is 9.78 Å². The topological polar surface area (TPSA) is 68.3 Å². The van der Waals surface area contributed by atoms with Crippen molar-refractivity contribution in [3.05, 3.63) is 81.2 Å². The van der Waals surface area contributed by atoms with Gasteiger partial charge in [-0.3, -0.25) is 4.79 Å². The predicted octanol–water partition coefficient (Wildman–Crippen LogP) is 8.16. The quantitative estimate of drug-likeness (QED) is 0.251. The van der Waals surface area contributed by atoms with Gasteiger partial charge in [0.1, 0.15) is 5.00 Å². The minimum Gasteiger partial charge on any atom is -0.465 e. The Morgan fingerprint density at radius 3 is 2.59 bits per heavy atom. The smallest absolute Gasteiger partial charge is 0.341 e. The molecule has 2 aromatic carbocycles. The number of nitrogens with zero attached hydrogens (tertiary/aromatic N) is 1. The van der Waals surface area contributed by atoms with Crippen LogP contribution in [0.4, 0.5) is 5.00 Å². The Morgan fingerprint density at radius 2 is 1.87 bits per heavy atom. The number of aromatic nitrogens is 1. The molecule has 2 heterocycles. The minimum absolute atomic E-state index is 0.219. The maximum atomic E-state index is 13.9. The van der Waals surface area contributed by atoms with E-state index in [0.717, 1.165) is 53.4 Å². The lowest BCUT2D eigenvalue weighted by Gasteiger charge is -2.36. The summed E-state index contributed by atoms with van der Waals surface area (Å²) in [6, 6.07) is 15.8. The highest BCUT2D eigenvalue weighted by atomic mass is 32.1. The SMILES string of the molecule is CCC(C)(C)C1CCc2c(sc(NC(=O)c3cc(-c4ccc(C)c(C)c4)nc4ccccc34)c2C(=O)OC)C1. The van der Waals surface area contributed by atoms with Crippen LogP contribution in [0, 0.1) is 25.2 Å². The molecule has 0 fully saturated rings. The number of carbonyl (C=O) groups is 2. The monoisotopic (exact) mass is 540 g/mol. The Morgan fingerprint density at radius 1 is 1.10 bits per heavy atom. The zero-order valence-corrected chi connectivity index (χ0v) is 24.4. The second-order valence-corrected chi connectivity index (χ2v) is 12.4. The van der Waals surface area contributed by atoms with Crippen molar-refractivity contribution in [3.63, 3.8) is 0 Å². The zero-order valence-electron chi connectivity index (χ0n) is 23.6. The molecule has 1 atom stereocenters. The Balaban J connectivity index is 1.56. The molecule has 0 aliphatic heterocycles. The van der Waals surface area contributed by atoms with E-state index in [1.54, 1.807) is 0 Å². The minimum atomic E-state index is -0.397. The van der Waals surface area contributed by atoms with Gasteiger partial charge in [-0.1, -0.05) is 57.5 Å². The van der Waals surface area contributed by atoms with E-state index in [2.05, 4.69) is 52.1 Å². The first-order chi connectivity index (χ1) is 18.6. The summed E-state index contributed by atoms with van der Waals surface area (Å²) in [5, 5.41) is 4.45. The van der Waals surface area contributed by atoms with Gasteiger partial charge in [-0.05, 0) is 79.3 Å². The molecule has 4 aromatic rings. The van der Waals surface area contributed by atoms with Crippen LogP contribution in [0.3, 0.4) is 0 Å². The van der Waals surface area contributed by atoms with Gasteiger partial charge in [0.05, 0.1) is 29.4 Å². The number of nitrogens with one attached hydrogen (secondary N) is 1. The molecule has 5 nitrogen and oxygen atoms in total. The van der Waals surface area contributed by atoms with Crippen molar-refractivity contribution < 1.29 is 14.3 Å². The molecule has 6 heteroatoms. The maximum Gasteiger partial charge on any atom is 0.341 e. The number of amides is 1. The summed E-state index contributed by atoms with van der Waals surface area (Å²) < 4.78 is 5.18. The lowest BCUT2D eigenvalue weighted by atomic mass is 9.69. The van der Waals surface area contributed by atoms with Crippen molar-refractivity contribution in [2.75, 3.05) is 12.4 Å². The molecule has 5 rings (SSSR count). The number of fused-ring (bicyclic) bond motifs is 2. The molecule has 0 bridgehead atoms. The Kier molecular flexibility index (Phi) is 7.34. The van der Waals surface area contributed by atoms with E-state index in [1.807, 2.05) is 36.4 Å². The van der Waals surface area contributed by atoms with E-state index in [9.17, 15) is 9.59 Å². The molecule has 0 saturated heterocycles. The molecule has 39 heavy (non-hydrogen) atoms. The summed E-state index contributed by atoms with van der Waals surface area (Å²) in [7, 11) is 1.40. The number of methoxy groups -OCH3 is 1. The van der Waals surface area contributed by atoms with Gasteiger partial charge >= 0.3 is 5.97 Å². The third-order valence-electron chi connectivity index (χ3n) is 8.66. The molecule has 1 amide bonds. The molecule has 1 aliphatic rings. The zero-order chi connectivity index (χ0) is 27.9. The Labute approximate surface area is 234 Å². The molecule has 202 valence electrons. The number of hydrogen-bond acceptors (Lipinski definition) is 5. The Bertz CT molecular complexity index is 1580. The largest absolute Gasteiger partial charge is 0.465 e. The fraction of sp³-hybridized carbons (Fsp3) is 0.364. The van der Waals surface area contributed by atoms with Gasteiger partial charge in [-0.15, -0.1) is 11.3 Å². The van der Waals surface area contributed by atoms with Gasteiger partial charge in [0.15, 0.2) is 0 Å². The van der Waals surface area contributed by atoms with Crippen molar-refractivity contribution in [1.82, 2.24) is 4.98 Å². The van der Waals surface area contributed by atoms with Gasteiger partial charge < -0.3 is 10.1 Å². The molecule has 1 N–H and O–H groups in total. The standard InChI is InChI=1S/C33H36N2O3S/c1-7-33(4,5)22-14-15-24-28(17-22)39-31(29(24)32(37)38-6)35-30(36)25-18-27(21-13-12-19(2)20(3)16-21)34-26-11-9-8-10-23(25)26/h8-13,16,18,22H,7,14-15,17H2,1-6H3,(H,35,36). The lowest BCUT2D eigenvalue weighted by Crippen LogP contribution is -2.28. The van der Waals surface area contributed by atoms with E-state index in [0.29, 0.717) is 22.0 Å². The van der Waals surface area contributed by atoms with Crippen LogP contribution in [0.2, 0.25) is 0 Å². The second kappa shape index (κ2) is 10.6. The summed E-state index contributed by atoms with van der Waals surface area (Å²) in [6.45, 7) is 11.0. The van der Waals surface area contributed by atoms with E-state index in [1.165, 1.54) is 34.5 Å². The van der Waals surface area contributed by atoms with Crippen LogP contribution >= 0.6 is 11.3 Å². The summed E-state index contributed by atoms with van der Waals surface area (Å²) >= 11 is 1.52. The number of hydrogen-bond donors (Lipinski definition) is 1. The first kappa shape index (κ1) is 27.1. The molecule has 0 saturated carbocycles. The number of carbonyl (C=O) groups excluding carboxylic acids is 2. The number of thiophene rings is 1. The fourth-order valence-electron chi connectivity index (χ4n) is 5.53. The van der Waals surface area contributed by atoms with E-state index >= 15 is 0 Å². The van der Waals surface area contributed by atoms with Crippen LogP contribution in [0.5, 0.6) is 0 Å². The van der Waals surface area contributed by atoms with Crippen LogP contribution in [0.1, 0.15) is 75.9 Å². The molecular formula is C33H36N2O3S. The van der Waals surface area contributed by atoms with Crippen LogP contribution < -0.4 is 5.32 Å². The van der Waals surface area contributed by atoms with Crippen LogP contribution in [-0.2, 0) is 17.6 Å². The summed E-state index contributed by atoms with van der Waals surface area (Å²) in [4.78, 5) is 32.9. The maximum absolute atomic E-state index is 13.9. The number of esters is 1. The number of anilines is 1. The first-order valence-corrected chi connectivity index (χ1v) is 14.5. The van der Waals surface area contributed by atoms with Crippen molar-refractivity contribution in [3.8, 4) is 11.3 Å². The second-order valence-electron chi connectivity index (χ2n) is 11.3. The predicted molar refractivity (Wildman–Crippen MR) is 160 cm³/mol. The highest BCUT2D eigenvalue weighted by molar-refractivity contribution is 7.17.